The summed E-state index contributed by atoms with van der Waals surface area (Å²) in [5, 5.41) is 0. The summed E-state index contributed by atoms with van der Waals surface area (Å²) >= 11 is 3.41. The van der Waals surface area contributed by atoms with Crippen molar-refractivity contribution in [2.75, 3.05) is 12.3 Å². The van der Waals surface area contributed by atoms with Crippen molar-refractivity contribution in [1.82, 2.24) is 14.5 Å². The summed E-state index contributed by atoms with van der Waals surface area (Å²) in [6, 6.07) is 3.71. The van der Waals surface area contributed by atoms with E-state index in [2.05, 4.69) is 25.9 Å². The Morgan fingerprint density at radius 2 is 2.10 bits per heavy atom. The minimum atomic E-state index is -0.516. The predicted molar refractivity (Wildman–Crippen MR) is 83.5 cm³/mol. The number of ether oxygens (including phenoxy) is 1. The number of nitrogens with zero attached hydrogens (tertiary/aromatic N) is 3. The number of imidazole rings is 1. The van der Waals surface area contributed by atoms with E-state index in [1.165, 1.54) is 0 Å². The number of esters is 1. The molecule has 0 aliphatic heterocycles. The molecule has 0 bridgehead atoms. The molecule has 2 rings (SSSR count). The molecule has 0 atom stereocenters. The number of carbonyl (C=O) groups is 1. The maximum atomic E-state index is 11.9. The number of hydrogen-bond donors (Lipinski definition) is 1. The van der Waals surface area contributed by atoms with Crippen molar-refractivity contribution in [2.45, 2.75) is 27.2 Å². The highest BCUT2D eigenvalue weighted by Gasteiger charge is 2.22. The number of aromatic nitrogens is 3. The monoisotopic (exact) mass is 352 g/mol. The van der Waals surface area contributed by atoms with E-state index >= 15 is 0 Å². The number of rotatable bonds is 4. The van der Waals surface area contributed by atoms with Gasteiger partial charge in [-0.05, 0) is 41.9 Å². The van der Waals surface area contributed by atoms with Gasteiger partial charge in [0.15, 0.2) is 5.69 Å². The van der Waals surface area contributed by atoms with Gasteiger partial charge in [0.05, 0.1) is 12.3 Å². The number of nitrogen functional groups attached to an aromatic ring is 1. The highest BCUT2D eigenvalue weighted by Crippen LogP contribution is 2.23. The maximum absolute atomic E-state index is 11.9. The third-order valence-corrected chi connectivity index (χ3v) is 3.84. The molecule has 2 N–H and O–H groups in total. The van der Waals surface area contributed by atoms with Crippen LogP contribution in [0.3, 0.4) is 0 Å². The van der Waals surface area contributed by atoms with E-state index in [0.717, 1.165) is 10.2 Å². The lowest BCUT2D eigenvalue weighted by Gasteiger charge is -2.09. The van der Waals surface area contributed by atoms with Gasteiger partial charge in [0.25, 0.3) is 0 Å². The van der Waals surface area contributed by atoms with Crippen molar-refractivity contribution in [2.24, 2.45) is 0 Å². The number of halogens is 1. The summed E-state index contributed by atoms with van der Waals surface area (Å²) in [4.78, 5) is 20.7. The number of anilines is 1. The van der Waals surface area contributed by atoms with Gasteiger partial charge in [-0.15, -0.1) is 0 Å². The Morgan fingerprint density at radius 3 is 2.67 bits per heavy atom. The summed E-state index contributed by atoms with van der Waals surface area (Å²) in [6.45, 7) is 5.85. The highest BCUT2D eigenvalue weighted by atomic mass is 79.9. The number of hydrogen-bond acceptors (Lipinski definition) is 5. The number of nitrogens with two attached hydrogens (primary N) is 1. The largest absolute Gasteiger partial charge is 0.461 e. The summed E-state index contributed by atoms with van der Waals surface area (Å²) < 4.78 is 7.57. The second-order valence-corrected chi connectivity index (χ2v) is 5.26. The van der Waals surface area contributed by atoms with Crippen molar-refractivity contribution < 1.29 is 9.53 Å². The second-order valence-electron chi connectivity index (χ2n) is 4.41. The summed E-state index contributed by atoms with van der Waals surface area (Å²) in [6.07, 6.45) is 0.625. The average Bonchev–Trinajstić information content (AvgIpc) is 2.79. The first-order valence-corrected chi connectivity index (χ1v) is 7.46. The molecule has 0 fully saturated rings. The van der Waals surface area contributed by atoms with E-state index in [1.807, 2.05) is 26.0 Å². The lowest BCUT2D eigenvalue weighted by Crippen LogP contribution is -2.10. The molecule has 7 heteroatoms. The molecule has 0 radical (unpaired) electrons. The van der Waals surface area contributed by atoms with Gasteiger partial charge in [0, 0.05) is 10.9 Å². The fraction of sp³-hybridized carbons (Fsp3) is 0.357. The van der Waals surface area contributed by atoms with Gasteiger partial charge < -0.3 is 10.5 Å². The first-order valence-electron chi connectivity index (χ1n) is 6.67. The van der Waals surface area contributed by atoms with Crippen LogP contribution in [0.25, 0.3) is 5.82 Å². The Morgan fingerprint density at radius 1 is 1.38 bits per heavy atom. The van der Waals surface area contributed by atoms with E-state index in [4.69, 9.17) is 10.5 Å². The van der Waals surface area contributed by atoms with Gasteiger partial charge >= 0.3 is 5.97 Å². The third kappa shape index (κ3) is 2.92. The van der Waals surface area contributed by atoms with Gasteiger partial charge in [0.2, 0.25) is 0 Å². The van der Waals surface area contributed by atoms with Gasteiger partial charge in [0.1, 0.15) is 17.5 Å². The highest BCUT2D eigenvalue weighted by molar-refractivity contribution is 9.10. The molecule has 2 heterocycles. The van der Waals surface area contributed by atoms with E-state index < -0.39 is 5.97 Å². The molecule has 0 aliphatic carbocycles. The smallest absolute Gasteiger partial charge is 0.360 e. The number of pyridine rings is 1. The second kappa shape index (κ2) is 6.26. The molecule has 6 nitrogen and oxygen atoms in total. The average molecular weight is 353 g/mol. The molecule has 0 amide bonds. The summed E-state index contributed by atoms with van der Waals surface area (Å²) in [5.41, 5.74) is 7.05. The van der Waals surface area contributed by atoms with Crippen LogP contribution in [0.1, 0.15) is 35.9 Å². The molecular formula is C14H17BrN4O2. The first kappa shape index (κ1) is 15.5. The van der Waals surface area contributed by atoms with Crippen molar-refractivity contribution in [3.8, 4) is 5.82 Å². The number of aryl methyl sites for hydroxylation is 2. The molecule has 0 saturated carbocycles. The topological polar surface area (TPSA) is 83.0 Å². The lowest BCUT2D eigenvalue weighted by atomic mass is 10.3. The maximum Gasteiger partial charge on any atom is 0.360 e. The Balaban J connectivity index is 2.57. The van der Waals surface area contributed by atoms with E-state index in [0.29, 0.717) is 18.1 Å². The Bertz CT molecular complexity index is 682. The van der Waals surface area contributed by atoms with Crippen LogP contribution in [-0.2, 0) is 11.2 Å². The number of carbonyl (C=O) groups excluding carboxylic acids is 1. The van der Waals surface area contributed by atoms with E-state index in [1.54, 1.807) is 11.5 Å². The zero-order valence-corrected chi connectivity index (χ0v) is 13.8. The van der Waals surface area contributed by atoms with Crippen LogP contribution in [-0.4, -0.2) is 27.1 Å². The fourth-order valence-corrected chi connectivity index (χ4v) is 2.20. The van der Waals surface area contributed by atoms with Gasteiger partial charge in [-0.1, -0.05) is 6.92 Å². The molecule has 0 saturated heterocycles. The Hall–Kier alpha value is -1.89. The van der Waals surface area contributed by atoms with Crippen LogP contribution < -0.4 is 5.73 Å². The summed E-state index contributed by atoms with van der Waals surface area (Å²) in [7, 11) is 0. The predicted octanol–water partition coefficient (Wildman–Crippen LogP) is 2.66. The molecular weight excluding hydrogens is 336 g/mol. The van der Waals surface area contributed by atoms with Crippen LogP contribution in [0.15, 0.2) is 16.6 Å². The van der Waals surface area contributed by atoms with Crippen LogP contribution in [0.2, 0.25) is 0 Å². The van der Waals surface area contributed by atoms with Gasteiger partial charge in [-0.3, -0.25) is 4.57 Å². The molecule has 0 unspecified atom stereocenters. The SMILES string of the molecule is CCOC(=O)c1nc(CC)n(-c2ccc(Br)c(C)n2)c1N. The van der Waals surface area contributed by atoms with Crippen LogP contribution in [0, 0.1) is 6.92 Å². The van der Waals surface area contributed by atoms with E-state index in [9.17, 15) is 4.79 Å². The van der Waals surface area contributed by atoms with Gasteiger partial charge in [-0.25, -0.2) is 14.8 Å². The van der Waals surface area contributed by atoms with Gasteiger partial charge in [-0.2, -0.15) is 0 Å². The minimum absolute atomic E-state index is 0.135. The third-order valence-electron chi connectivity index (χ3n) is 3.00. The van der Waals surface area contributed by atoms with Crippen molar-refractivity contribution in [3.05, 3.63) is 33.8 Å². The molecule has 0 aromatic carbocycles. The van der Waals surface area contributed by atoms with Crippen LogP contribution in [0.4, 0.5) is 5.82 Å². The van der Waals surface area contributed by atoms with E-state index in [-0.39, 0.29) is 18.1 Å². The molecule has 0 spiro atoms. The Kier molecular flexibility index (Phi) is 4.62. The molecule has 2 aromatic rings. The zero-order valence-electron chi connectivity index (χ0n) is 12.2. The van der Waals surface area contributed by atoms with Crippen molar-refractivity contribution >= 4 is 27.7 Å². The van der Waals surface area contributed by atoms with Crippen molar-refractivity contribution in [3.63, 3.8) is 0 Å². The zero-order chi connectivity index (χ0) is 15.6. The fourth-order valence-electron chi connectivity index (χ4n) is 1.98. The standard InChI is InChI=1S/C14H17BrN4O2/c1-4-10-18-12(14(20)21-5-2)13(16)19(10)11-7-6-9(15)8(3)17-11/h6-7H,4-5,16H2,1-3H3. The van der Waals surface area contributed by atoms with Crippen LogP contribution in [0.5, 0.6) is 0 Å². The molecule has 21 heavy (non-hydrogen) atoms. The van der Waals surface area contributed by atoms with Crippen LogP contribution >= 0.6 is 15.9 Å². The lowest BCUT2D eigenvalue weighted by molar-refractivity contribution is 0.0521. The molecule has 112 valence electrons. The summed E-state index contributed by atoms with van der Waals surface area (Å²) in [5.74, 6) is 1.04. The minimum Gasteiger partial charge on any atom is -0.461 e. The van der Waals surface area contributed by atoms with Crippen molar-refractivity contribution in [1.29, 1.82) is 0 Å². The first-order chi connectivity index (χ1) is 9.99. The normalized spacial score (nSPS) is 10.7. The Labute approximate surface area is 131 Å². The molecule has 2 aromatic heterocycles. The molecule has 0 aliphatic rings. The quantitative estimate of drug-likeness (QED) is 0.855.